The molecule has 0 aromatic heterocycles. The Balaban J connectivity index is 1.90. The Kier molecular flexibility index (Phi) is 5.88. The van der Waals surface area contributed by atoms with Crippen LogP contribution in [0.3, 0.4) is 0 Å². The largest absolute Gasteiger partial charge is 0.491 e. The molecule has 0 aliphatic carbocycles. The fraction of sp³-hybridized carbons (Fsp3) is 0.200. The van der Waals surface area contributed by atoms with Crippen molar-refractivity contribution in [3.63, 3.8) is 0 Å². The zero-order valence-electron chi connectivity index (χ0n) is 12.2. The van der Waals surface area contributed by atoms with Gasteiger partial charge in [-0.2, -0.15) is 0 Å². The number of hydrogen-bond donors (Lipinski definition) is 2. The molecule has 1 atom stereocenters. The van der Waals surface area contributed by atoms with Gasteiger partial charge in [0.1, 0.15) is 24.1 Å². The number of nitro benzene ring substituents is 1. The second-order valence-electron chi connectivity index (χ2n) is 4.84. The molecule has 0 amide bonds. The number of hydrogen-bond acceptors (Lipinski definition) is 5. The average molecular weight is 359 g/mol. The molecule has 0 saturated heterocycles. The standard InChI is InChI=1S/C15H13ClF2N2O4/c16-9-1-4-14(15(5-9)20(22)23)19-7-10(21)8-24-11-2-3-12(17)13(18)6-11/h1-6,10,19,21H,7-8H2. The molecule has 0 fully saturated rings. The van der Waals surface area contributed by atoms with Crippen LogP contribution in [0.2, 0.25) is 5.02 Å². The van der Waals surface area contributed by atoms with Crippen LogP contribution in [-0.4, -0.2) is 29.3 Å². The van der Waals surface area contributed by atoms with E-state index in [0.29, 0.717) is 0 Å². The number of nitro groups is 1. The van der Waals surface area contributed by atoms with E-state index in [1.165, 1.54) is 24.3 Å². The molecule has 2 N–H and O–H groups in total. The Morgan fingerprint density at radius 1 is 1.25 bits per heavy atom. The van der Waals surface area contributed by atoms with Crippen molar-refractivity contribution < 1.29 is 23.5 Å². The Hall–Kier alpha value is -2.45. The van der Waals surface area contributed by atoms with Crippen LogP contribution < -0.4 is 10.1 Å². The Morgan fingerprint density at radius 3 is 2.67 bits per heavy atom. The number of rotatable bonds is 7. The van der Waals surface area contributed by atoms with Gasteiger partial charge in [-0.15, -0.1) is 0 Å². The number of halogens is 3. The monoisotopic (exact) mass is 358 g/mol. The number of nitrogens with zero attached hydrogens (tertiary/aromatic N) is 1. The number of anilines is 1. The van der Waals surface area contributed by atoms with Gasteiger partial charge in [0.05, 0.1) is 4.92 Å². The number of ether oxygens (including phenoxy) is 1. The van der Waals surface area contributed by atoms with E-state index in [1.54, 1.807) is 0 Å². The Labute approximate surface area is 140 Å². The predicted molar refractivity (Wildman–Crippen MR) is 84.5 cm³/mol. The van der Waals surface area contributed by atoms with Gasteiger partial charge < -0.3 is 15.2 Å². The number of nitrogens with one attached hydrogen (secondary N) is 1. The zero-order valence-corrected chi connectivity index (χ0v) is 13.0. The molecule has 2 aromatic carbocycles. The summed E-state index contributed by atoms with van der Waals surface area (Å²) in [4.78, 5) is 10.3. The third-order valence-corrected chi connectivity index (χ3v) is 3.25. The minimum atomic E-state index is -1.06. The van der Waals surface area contributed by atoms with Crippen LogP contribution in [0.4, 0.5) is 20.2 Å². The molecule has 9 heteroatoms. The van der Waals surface area contributed by atoms with E-state index in [9.17, 15) is 24.0 Å². The molecule has 0 heterocycles. The molecule has 2 rings (SSSR count). The molecule has 0 saturated carbocycles. The van der Waals surface area contributed by atoms with Crippen molar-refractivity contribution in [2.24, 2.45) is 0 Å². The van der Waals surface area contributed by atoms with E-state index in [-0.39, 0.29) is 35.3 Å². The van der Waals surface area contributed by atoms with Gasteiger partial charge >= 0.3 is 0 Å². The summed E-state index contributed by atoms with van der Waals surface area (Å²) in [6.45, 7) is -0.258. The lowest BCUT2D eigenvalue weighted by molar-refractivity contribution is -0.383. The first-order chi connectivity index (χ1) is 11.4. The second kappa shape index (κ2) is 7.89. The van der Waals surface area contributed by atoms with Gasteiger partial charge in [0.15, 0.2) is 11.6 Å². The minimum absolute atomic E-state index is 0.0495. The quantitative estimate of drug-likeness (QED) is 0.585. The molecule has 0 aliphatic rings. The van der Waals surface area contributed by atoms with E-state index >= 15 is 0 Å². The first kappa shape index (κ1) is 17.9. The van der Waals surface area contributed by atoms with Gasteiger partial charge in [-0.1, -0.05) is 11.6 Å². The van der Waals surface area contributed by atoms with Crippen LogP contribution in [0, 0.1) is 21.7 Å². The molecule has 1 unspecified atom stereocenters. The SMILES string of the molecule is O=[N+]([O-])c1cc(Cl)ccc1NCC(O)COc1ccc(F)c(F)c1. The maximum Gasteiger partial charge on any atom is 0.293 e. The third-order valence-electron chi connectivity index (χ3n) is 3.02. The molecule has 0 bridgehead atoms. The van der Waals surface area contributed by atoms with Crippen molar-refractivity contribution >= 4 is 23.0 Å². The molecule has 0 spiro atoms. The summed E-state index contributed by atoms with van der Waals surface area (Å²) in [5.74, 6) is -2.00. The van der Waals surface area contributed by atoms with Gasteiger partial charge in [0, 0.05) is 23.7 Å². The van der Waals surface area contributed by atoms with E-state index in [4.69, 9.17) is 16.3 Å². The maximum atomic E-state index is 13.0. The molecule has 128 valence electrons. The topological polar surface area (TPSA) is 84.6 Å². The molecule has 2 aromatic rings. The highest BCUT2D eigenvalue weighted by Gasteiger charge is 2.15. The van der Waals surface area contributed by atoms with E-state index in [0.717, 1.165) is 12.1 Å². The van der Waals surface area contributed by atoms with Crippen molar-refractivity contribution in [1.82, 2.24) is 0 Å². The Bertz CT molecular complexity index is 745. The summed E-state index contributed by atoms with van der Waals surface area (Å²) in [6, 6.07) is 7.08. The second-order valence-corrected chi connectivity index (χ2v) is 5.28. The van der Waals surface area contributed by atoms with E-state index < -0.39 is 22.7 Å². The smallest absolute Gasteiger partial charge is 0.293 e. The highest BCUT2D eigenvalue weighted by Crippen LogP contribution is 2.27. The number of aliphatic hydroxyl groups excluding tert-OH is 1. The van der Waals surface area contributed by atoms with Crippen molar-refractivity contribution in [3.8, 4) is 5.75 Å². The highest BCUT2D eigenvalue weighted by atomic mass is 35.5. The van der Waals surface area contributed by atoms with Crippen molar-refractivity contribution in [1.29, 1.82) is 0 Å². The summed E-state index contributed by atoms with van der Waals surface area (Å²) >= 11 is 5.71. The summed E-state index contributed by atoms with van der Waals surface area (Å²) in [6.07, 6.45) is -1.03. The first-order valence-corrected chi connectivity index (χ1v) is 7.18. The number of benzene rings is 2. The lowest BCUT2D eigenvalue weighted by atomic mass is 10.2. The normalized spacial score (nSPS) is 11.8. The van der Waals surface area contributed by atoms with Crippen molar-refractivity contribution in [2.45, 2.75) is 6.10 Å². The van der Waals surface area contributed by atoms with E-state index in [1.807, 2.05) is 0 Å². The molecule has 0 radical (unpaired) electrons. The fourth-order valence-corrected chi connectivity index (χ4v) is 2.02. The minimum Gasteiger partial charge on any atom is -0.491 e. The van der Waals surface area contributed by atoms with Crippen LogP contribution in [0.5, 0.6) is 5.75 Å². The van der Waals surface area contributed by atoms with Crippen LogP contribution in [-0.2, 0) is 0 Å². The predicted octanol–water partition coefficient (Wildman–Crippen LogP) is 3.38. The zero-order chi connectivity index (χ0) is 17.7. The van der Waals surface area contributed by atoms with Crippen molar-refractivity contribution in [3.05, 3.63) is 63.2 Å². The van der Waals surface area contributed by atoms with Gasteiger partial charge in [0.2, 0.25) is 0 Å². The average Bonchev–Trinajstić information content (AvgIpc) is 2.54. The molecular weight excluding hydrogens is 346 g/mol. The summed E-state index contributed by atoms with van der Waals surface area (Å²) in [5.41, 5.74) is -0.0347. The summed E-state index contributed by atoms with van der Waals surface area (Å²) in [5, 5.41) is 23.7. The van der Waals surface area contributed by atoms with E-state index in [2.05, 4.69) is 5.32 Å². The fourth-order valence-electron chi connectivity index (χ4n) is 1.85. The van der Waals surface area contributed by atoms with Gasteiger partial charge in [-0.05, 0) is 24.3 Å². The lowest BCUT2D eigenvalue weighted by Gasteiger charge is -2.14. The molecular formula is C15H13ClF2N2O4. The lowest BCUT2D eigenvalue weighted by Crippen LogP contribution is -2.26. The highest BCUT2D eigenvalue weighted by molar-refractivity contribution is 6.30. The maximum absolute atomic E-state index is 13.0. The third kappa shape index (κ3) is 4.77. The first-order valence-electron chi connectivity index (χ1n) is 6.80. The summed E-state index contributed by atoms with van der Waals surface area (Å²) < 4.78 is 30.9. The number of aliphatic hydroxyl groups is 1. The molecule has 24 heavy (non-hydrogen) atoms. The van der Waals surface area contributed by atoms with Crippen LogP contribution in [0.1, 0.15) is 0 Å². The van der Waals surface area contributed by atoms with Crippen LogP contribution >= 0.6 is 11.6 Å². The van der Waals surface area contributed by atoms with Gasteiger partial charge in [-0.25, -0.2) is 8.78 Å². The molecule has 0 aliphatic heterocycles. The summed E-state index contributed by atoms with van der Waals surface area (Å²) in [7, 11) is 0. The van der Waals surface area contributed by atoms with Gasteiger partial charge in [-0.3, -0.25) is 10.1 Å². The van der Waals surface area contributed by atoms with Crippen molar-refractivity contribution in [2.75, 3.05) is 18.5 Å². The van der Waals surface area contributed by atoms with Crippen LogP contribution in [0.15, 0.2) is 36.4 Å². The molecule has 6 nitrogen and oxygen atoms in total. The Morgan fingerprint density at radius 2 is 2.00 bits per heavy atom. The van der Waals surface area contributed by atoms with Crippen LogP contribution in [0.25, 0.3) is 0 Å². The van der Waals surface area contributed by atoms with Gasteiger partial charge in [0.25, 0.3) is 5.69 Å².